The molecule has 1 aliphatic rings. The molecule has 0 saturated carbocycles. The van der Waals surface area contributed by atoms with Gasteiger partial charge in [0.25, 0.3) is 0 Å². The Labute approximate surface area is 208 Å². The van der Waals surface area contributed by atoms with Crippen LogP contribution in [0, 0.1) is 0 Å². The van der Waals surface area contributed by atoms with E-state index in [1.54, 1.807) is 12.1 Å². The van der Waals surface area contributed by atoms with Gasteiger partial charge in [0.1, 0.15) is 0 Å². The van der Waals surface area contributed by atoms with E-state index in [4.69, 9.17) is 9.57 Å². The van der Waals surface area contributed by atoms with Gasteiger partial charge in [0, 0.05) is 29.7 Å². The molecule has 0 atom stereocenters. The molecule has 188 valence electrons. The van der Waals surface area contributed by atoms with E-state index < -0.39 is 39.3 Å². The van der Waals surface area contributed by atoms with Crippen molar-refractivity contribution in [2.75, 3.05) is 38.5 Å². The SMILES string of the molecule is CCN(CC)CCN1OC(=O)/C=C\C(=O)OC(C)(C)N(CCS(=O)(=O)c2ccc(Br)cc2)C1=O. The summed E-state index contributed by atoms with van der Waals surface area (Å²) in [6, 6.07) is 5.33. The topological polar surface area (TPSA) is 114 Å². The zero-order chi connectivity index (χ0) is 25.5. The summed E-state index contributed by atoms with van der Waals surface area (Å²) in [6.45, 7) is 8.47. The lowest BCUT2D eigenvalue weighted by atomic mass is 10.2. The summed E-state index contributed by atoms with van der Waals surface area (Å²) in [7, 11) is -3.77. The summed E-state index contributed by atoms with van der Waals surface area (Å²) >= 11 is 3.27. The van der Waals surface area contributed by atoms with Crippen LogP contribution < -0.4 is 0 Å². The van der Waals surface area contributed by atoms with E-state index in [1.807, 2.05) is 18.7 Å². The number of ether oxygens (including phenoxy) is 1. The van der Waals surface area contributed by atoms with Crippen molar-refractivity contribution in [3.63, 3.8) is 0 Å². The first-order valence-corrected chi connectivity index (χ1v) is 13.3. The van der Waals surface area contributed by atoms with E-state index >= 15 is 0 Å². The van der Waals surface area contributed by atoms with Crippen LogP contribution in [0.4, 0.5) is 4.79 Å². The van der Waals surface area contributed by atoms with Crippen molar-refractivity contribution in [2.24, 2.45) is 0 Å². The smallest absolute Gasteiger partial charge is 0.356 e. The second-order valence-electron chi connectivity index (χ2n) is 7.95. The lowest BCUT2D eigenvalue weighted by Gasteiger charge is -2.40. The highest BCUT2D eigenvalue weighted by Crippen LogP contribution is 2.22. The maximum Gasteiger partial charge on any atom is 0.356 e. The number of hydrogen-bond acceptors (Lipinski definition) is 8. The molecule has 2 rings (SSSR count). The fourth-order valence-electron chi connectivity index (χ4n) is 3.26. The lowest BCUT2D eigenvalue weighted by molar-refractivity contribution is -0.186. The van der Waals surface area contributed by atoms with Crippen LogP contribution in [-0.4, -0.2) is 85.5 Å². The fraction of sp³-hybridized carbons (Fsp3) is 0.500. The molecule has 0 aliphatic carbocycles. The van der Waals surface area contributed by atoms with Gasteiger partial charge in [0.2, 0.25) is 0 Å². The molecular formula is C22H30BrN3O7S. The first-order valence-electron chi connectivity index (χ1n) is 10.8. The Morgan fingerprint density at radius 1 is 0.971 bits per heavy atom. The predicted molar refractivity (Wildman–Crippen MR) is 128 cm³/mol. The summed E-state index contributed by atoms with van der Waals surface area (Å²) in [5.74, 6) is -2.23. The molecule has 0 saturated heterocycles. The van der Waals surface area contributed by atoms with Crippen LogP contribution in [0.5, 0.6) is 0 Å². The molecule has 12 heteroatoms. The van der Waals surface area contributed by atoms with Crippen LogP contribution in [-0.2, 0) is 29.0 Å². The molecule has 1 aromatic rings. The average molecular weight is 560 g/mol. The average Bonchev–Trinajstić information content (AvgIpc) is 2.76. The van der Waals surface area contributed by atoms with Crippen LogP contribution in [0.25, 0.3) is 0 Å². The summed E-state index contributed by atoms with van der Waals surface area (Å²) in [6.07, 6.45) is 1.78. The number of carbonyl (C=O) groups is 3. The van der Waals surface area contributed by atoms with Crippen LogP contribution in [0.1, 0.15) is 27.7 Å². The van der Waals surface area contributed by atoms with Crippen molar-refractivity contribution in [1.29, 1.82) is 0 Å². The fourth-order valence-corrected chi connectivity index (χ4v) is 4.74. The summed E-state index contributed by atoms with van der Waals surface area (Å²) in [5.41, 5.74) is -1.52. The number of cyclic esters (lactones) is 1. The monoisotopic (exact) mass is 559 g/mol. The van der Waals surface area contributed by atoms with Gasteiger partial charge in [0.15, 0.2) is 15.6 Å². The standard InChI is InChI=1S/C22H30BrN3O7S/c1-5-24(6-2)13-14-26-21(29)25(22(3,4)32-19(27)11-12-20(28)33-26)15-16-34(30,31)18-9-7-17(23)8-10-18/h7-12H,5-6,13-16H2,1-4H3/b12-11-. The molecule has 0 fully saturated rings. The first kappa shape index (κ1) is 27.8. The van der Waals surface area contributed by atoms with Crippen LogP contribution in [0.15, 0.2) is 45.8 Å². The number of amides is 2. The molecule has 2 amide bonds. The predicted octanol–water partition coefficient (Wildman–Crippen LogP) is 2.60. The first-order chi connectivity index (χ1) is 15.9. The number of esters is 1. The normalized spacial score (nSPS) is 18.0. The van der Waals surface area contributed by atoms with E-state index in [0.29, 0.717) is 6.54 Å². The van der Waals surface area contributed by atoms with Gasteiger partial charge in [-0.2, -0.15) is 5.06 Å². The van der Waals surface area contributed by atoms with Gasteiger partial charge in [-0.25, -0.2) is 22.8 Å². The van der Waals surface area contributed by atoms with Crippen LogP contribution in [0.3, 0.4) is 0 Å². The van der Waals surface area contributed by atoms with Crippen molar-refractivity contribution in [3.05, 3.63) is 40.9 Å². The molecule has 0 bridgehead atoms. The Morgan fingerprint density at radius 2 is 1.56 bits per heavy atom. The molecule has 0 N–H and O–H groups in total. The Hall–Kier alpha value is -2.44. The number of benzene rings is 1. The van der Waals surface area contributed by atoms with Gasteiger partial charge in [-0.15, -0.1) is 0 Å². The van der Waals surface area contributed by atoms with Gasteiger partial charge < -0.3 is 14.5 Å². The summed E-state index contributed by atoms with van der Waals surface area (Å²) in [4.78, 5) is 46.2. The zero-order valence-corrected chi connectivity index (χ0v) is 22.1. The summed E-state index contributed by atoms with van der Waals surface area (Å²) < 4.78 is 31.9. The largest absolute Gasteiger partial charge is 0.436 e. The molecule has 0 aromatic heterocycles. The van der Waals surface area contributed by atoms with E-state index in [-0.39, 0.29) is 18.0 Å². The van der Waals surface area contributed by atoms with Crippen molar-refractivity contribution in [1.82, 2.24) is 14.9 Å². The number of nitrogens with zero attached hydrogens (tertiary/aromatic N) is 3. The molecule has 1 heterocycles. The van der Waals surface area contributed by atoms with Crippen molar-refractivity contribution in [2.45, 2.75) is 38.3 Å². The van der Waals surface area contributed by atoms with E-state index in [1.165, 1.54) is 26.0 Å². The van der Waals surface area contributed by atoms with Gasteiger partial charge >= 0.3 is 18.0 Å². The van der Waals surface area contributed by atoms with Crippen LogP contribution in [0.2, 0.25) is 0 Å². The van der Waals surface area contributed by atoms with Crippen LogP contribution >= 0.6 is 15.9 Å². The third-order valence-electron chi connectivity index (χ3n) is 5.27. The maximum atomic E-state index is 13.5. The van der Waals surface area contributed by atoms with Crippen molar-refractivity contribution >= 4 is 43.7 Å². The minimum Gasteiger partial charge on any atom is -0.436 e. The highest BCUT2D eigenvalue weighted by atomic mass is 79.9. The van der Waals surface area contributed by atoms with Gasteiger partial charge in [0.05, 0.1) is 17.2 Å². The Kier molecular flexibility index (Phi) is 9.65. The molecule has 0 spiro atoms. The second-order valence-corrected chi connectivity index (χ2v) is 11.0. The van der Waals surface area contributed by atoms with Gasteiger partial charge in [-0.1, -0.05) is 29.8 Å². The number of sulfone groups is 1. The third-order valence-corrected chi connectivity index (χ3v) is 7.51. The highest BCUT2D eigenvalue weighted by molar-refractivity contribution is 9.10. The minimum atomic E-state index is -3.77. The molecule has 0 radical (unpaired) electrons. The number of hydroxylamine groups is 2. The number of carbonyl (C=O) groups excluding carboxylic acids is 3. The number of hydrogen-bond donors (Lipinski definition) is 0. The molecule has 10 nitrogen and oxygen atoms in total. The maximum absolute atomic E-state index is 13.5. The Morgan fingerprint density at radius 3 is 2.15 bits per heavy atom. The number of likely N-dealkylation sites (N-methyl/N-ethyl adjacent to an activating group) is 1. The van der Waals surface area contributed by atoms with E-state index in [2.05, 4.69) is 15.9 Å². The Balaban J connectivity index is 2.35. The minimum absolute atomic E-state index is 0.0417. The molecule has 1 aliphatic heterocycles. The molecule has 0 unspecified atom stereocenters. The number of rotatable bonds is 9. The summed E-state index contributed by atoms with van der Waals surface area (Å²) in [5, 5.41) is 0.873. The number of halogens is 1. The number of urea groups is 1. The zero-order valence-electron chi connectivity index (χ0n) is 19.7. The molecule has 1 aromatic carbocycles. The van der Waals surface area contributed by atoms with Gasteiger partial charge in [-0.05, 0) is 51.2 Å². The van der Waals surface area contributed by atoms with Gasteiger partial charge in [-0.3, -0.25) is 4.90 Å². The quantitative estimate of drug-likeness (QED) is 0.424. The molecular weight excluding hydrogens is 530 g/mol. The van der Waals surface area contributed by atoms with E-state index in [9.17, 15) is 22.8 Å². The highest BCUT2D eigenvalue weighted by Gasteiger charge is 2.39. The lowest BCUT2D eigenvalue weighted by Crippen LogP contribution is -2.57. The Bertz CT molecular complexity index is 1020. The van der Waals surface area contributed by atoms with E-state index in [0.717, 1.165) is 39.7 Å². The molecule has 34 heavy (non-hydrogen) atoms. The third kappa shape index (κ3) is 7.54. The second kappa shape index (κ2) is 11.8. The van der Waals surface area contributed by atoms with Crippen molar-refractivity contribution in [3.8, 4) is 0 Å². The van der Waals surface area contributed by atoms with Crippen molar-refractivity contribution < 1.29 is 32.4 Å².